The second-order valence-corrected chi connectivity index (χ2v) is 7.58. The Kier molecular flexibility index (Phi) is 5.96. The lowest BCUT2D eigenvalue weighted by Crippen LogP contribution is -2.28. The summed E-state index contributed by atoms with van der Waals surface area (Å²) in [6.45, 7) is 6.72. The minimum Gasteiger partial charge on any atom is -0.411 e. The van der Waals surface area contributed by atoms with Crippen molar-refractivity contribution in [3.63, 3.8) is 0 Å². The summed E-state index contributed by atoms with van der Waals surface area (Å²) >= 11 is 1.26. The van der Waals surface area contributed by atoms with E-state index >= 15 is 0 Å². The van der Waals surface area contributed by atoms with Crippen LogP contribution in [0.5, 0.6) is 0 Å². The first kappa shape index (κ1) is 19.2. The number of amides is 1. The van der Waals surface area contributed by atoms with Gasteiger partial charge in [-0.3, -0.25) is 4.79 Å². The average molecular weight is 382 g/mol. The smallest absolute Gasteiger partial charge is 0.277 e. The van der Waals surface area contributed by atoms with Crippen LogP contribution in [0.25, 0.3) is 11.5 Å². The van der Waals surface area contributed by atoms with Gasteiger partial charge in [0.25, 0.3) is 5.22 Å². The van der Waals surface area contributed by atoms with Crippen LogP contribution in [0.4, 0.5) is 0 Å². The number of hydrogen-bond donors (Lipinski definition) is 0. The number of hydrogen-bond acceptors (Lipinski definition) is 5. The van der Waals surface area contributed by atoms with Gasteiger partial charge in [0.05, 0.1) is 5.75 Å². The molecule has 140 valence electrons. The predicted molar refractivity (Wildman–Crippen MR) is 108 cm³/mol. The number of aryl methyl sites for hydroxylation is 3. The van der Waals surface area contributed by atoms with Crippen molar-refractivity contribution < 1.29 is 9.21 Å². The highest BCUT2D eigenvalue weighted by atomic mass is 32.2. The summed E-state index contributed by atoms with van der Waals surface area (Å²) in [5.74, 6) is 0.763. The van der Waals surface area contributed by atoms with Crippen LogP contribution in [0.1, 0.15) is 22.3 Å². The van der Waals surface area contributed by atoms with Crippen LogP contribution < -0.4 is 0 Å². The first-order valence-electron chi connectivity index (χ1n) is 8.76. The molecule has 1 amide bonds. The maximum absolute atomic E-state index is 12.4. The van der Waals surface area contributed by atoms with Crippen molar-refractivity contribution in [2.24, 2.45) is 0 Å². The Balaban J connectivity index is 1.58. The number of rotatable bonds is 6. The predicted octanol–water partition coefficient (Wildman–Crippen LogP) is 4.41. The summed E-state index contributed by atoms with van der Waals surface area (Å²) in [6.07, 6.45) is 0. The molecule has 0 fully saturated rings. The van der Waals surface area contributed by atoms with E-state index in [9.17, 15) is 4.79 Å². The van der Waals surface area contributed by atoms with Gasteiger partial charge in [-0.15, -0.1) is 10.2 Å². The Morgan fingerprint density at radius 2 is 1.85 bits per heavy atom. The zero-order valence-electron chi connectivity index (χ0n) is 16.0. The van der Waals surface area contributed by atoms with Crippen LogP contribution in [-0.2, 0) is 11.3 Å². The molecule has 0 aliphatic heterocycles. The molecule has 0 unspecified atom stereocenters. The average Bonchev–Trinajstić information content (AvgIpc) is 3.11. The van der Waals surface area contributed by atoms with E-state index in [-0.39, 0.29) is 11.7 Å². The summed E-state index contributed by atoms with van der Waals surface area (Å²) < 4.78 is 5.70. The summed E-state index contributed by atoms with van der Waals surface area (Å²) in [5, 5.41) is 8.55. The van der Waals surface area contributed by atoms with Gasteiger partial charge in [0, 0.05) is 19.2 Å². The van der Waals surface area contributed by atoms with Crippen molar-refractivity contribution >= 4 is 17.7 Å². The van der Waals surface area contributed by atoms with Gasteiger partial charge < -0.3 is 9.32 Å². The molecule has 0 aliphatic carbocycles. The normalized spacial score (nSPS) is 10.8. The molecule has 27 heavy (non-hydrogen) atoms. The number of nitrogens with zero attached hydrogens (tertiary/aromatic N) is 3. The van der Waals surface area contributed by atoms with E-state index in [1.54, 1.807) is 4.90 Å². The van der Waals surface area contributed by atoms with Crippen molar-refractivity contribution in [3.8, 4) is 11.5 Å². The standard InChI is InChI=1S/C21H23N3O2S/c1-14-9-10-17(16(3)11-14)12-24(4)19(25)13-27-21-23-22-20(26-21)18-8-6-5-7-15(18)2/h5-11H,12-13H2,1-4H3. The fraction of sp³-hybridized carbons (Fsp3) is 0.286. The lowest BCUT2D eigenvalue weighted by atomic mass is 10.1. The molecule has 3 aromatic rings. The largest absolute Gasteiger partial charge is 0.411 e. The number of carbonyl (C=O) groups is 1. The number of aromatic nitrogens is 2. The molecule has 1 heterocycles. The Labute approximate surface area is 163 Å². The van der Waals surface area contributed by atoms with E-state index in [2.05, 4.69) is 42.2 Å². The molecule has 0 N–H and O–H groups in total. The molecule has 2 aromatic carbocycles. The van der Waals surface area contributed by atoms with Crippen molar-refractivity contribution in [1.29, 1.82) is 0 Å². The van der Waals surface area contributed by atoms with Crippen LogP contribution in [0.3, 0.4) is 0 Å². The highest BCUT2D eigenvalue weighted by molar-refractivity contribution is 7.99. The van der Waals surface area contributed by atoms with Gasteiger partial charge in [-0.1, -0.05) is 53.7 Å². The molecule has 0 spiro atoms. The zero-order valence-corrected chi connectivity index (χ0v) is 16.8. The Hall–Kier alpha value is -2.60. The topological polar surface area (TPSA) is 59.2 Å². The molecule has 3 rings (SSSR count). The van der Waals surface area contributed by atoms with Crippen LogP contribution in [0, 0.1) is 20.8 Å². The Bertz CT molecular complexity index is 952. The molecule has 0 saturated carbocycles. The molecular formula is C21H23N3O2S. The van der Waals surface area contributed by atoms with Crippen LogP contribution in [-0.4, -0.2) is 33.8 Å². The van der Waals surface area contributed by atoms with E-state index in [1.165, 1.54) is 22.9 Å². The third kappa shape index (κ3) is 4.77. The van der Waals surface area contributed by atoms with E-state index < -0.39 is 0 Å². The SMILES string of the molecule is Cc1ccc(CN(C)C(=O)CSc2nnc(-c3ccccc3C)o2)c(C)c1. The van der Waals surface area contributed by atoms with Crippen molar-refractivity contribution in [2.75, 3.05) is 12.8 Å². The van der Waals surface area contributed by atoms with Crippen LogP contribution >= 0.6 is 11.8 Å². The second kappa shape index (κ2) is 8.39. The van der Waals surface area contributed by atoms with Crippen molar-refractivity contribution in [1.82, 2.24) is 15.1 Å². The second-order valence-electron chi connectivity index (χ2n) is 6.66. The summed E-state index contributed by atoms with van der Waals surface area (Å²) in [7, 11) is 1.81. The lowest BCUT2D eigenvalue weighted by molar-refractivity contribution is -0.127. The maximum atomic E-state index is 12.4. The number of carbonyl (C=O) groups excluding carboxylic acids is 1. The van der Waals surface area contributed by atoms with Gasteiger partial charge >= 0.3 is 0 Å². The van der Waals surface area contributed by atoms with E-state index in [0.717, 1.165) is 16.7 Å². The molecule has 5 nitrogen and oxygen atoms in total. The van der Waals surface area contributed by atoms with Crippen molar-refractivity contribution in [3.05, 3.63) is 64.7 Å². The van der Waals surface area contributed by atoms with Crippen LogP contribution in [0.2, 0.25) is 0 Å². The molecule has 0 saturated heterocycles. The van der Waals surface area contributed by atoms with Crippen LogP contribution in [0.15, 0.2) is 52.1 Å². The van der Waals surface area contributed by atoms with Gasteiger partial charge in [-0.2, -0.15) is 0 Å². The maximum Gasteiger partial charge on any atom is 0.277 e. The monoisotopic (exact) mass is 381 g/mol. The summed E-state index contributed by atoms with van der Waals surface area (Å²) in [6, 6.07) is 14.1. The van der Waals surface area contributed by atoms with Gasteiger partial charge in [-0.25, -0.2) is 0 Å². The Morgan fingerprint density at radius 3 is 2.59 bits per heavy atom. The minimum absolute atomic E-state index is 0.0237. The third-order valence-electron chi connectivity index (χ3n) is 4.43. The van der Waals surface area contributed by atoms with E-state index in [0.29, 0.717) is 17.7 Å². The van der Waals surface area contributed by atoms with Gasteiger partial charge in [0.2, 0.25) is 11.8 Å². The summed E-state index contributed by atoms with van der Waals surface area (Å²) in [5.41, 5.74) is 5.56. The lowest BCUT2D eigenvalue weighted by Gasteiger charge is -2.18. The Morgan fingerprint density at radius 1 is 1.07 bits per heavy atom. The zero-order chi connectivity index (χ0) is 19.4. The number of benzene rings is 2. The molecule has 0 bridgehead atoms. The molecule has 0 radical (unpaired) electrons. The van der Waals surface area contributed by atoms with Gasteiger partial charge in [-0.05, 0) is 43.5 Å². The molecule has 6 heteroatoms. The minimum atomic E-state index is 0.0237. The van der Waals surface area contributed by atoms with Gasteiger partial charge in [0.1, 0.15) is 0 Å². The highest BCUT2D eigenvalue weighted by Crippen LogP contribution is 2.25. The quantitative estimate of drug-likeness (QED) is 0.592. The highest BCUT2D eigenvalue weighted by Gasteiger charge is 2.15. The summed E-state index contributed by atoms with van der Waals surface area (Å²) in [4.78, 5) is 14.2. The first-order valence-corrected chi connectivity index (χ1v) is 9.75. The first-order chi connectivity index (χ1) is 12.9. The number of thioether (sulfide) groups is 1. The molecule has 0 aliphatic rings. The molecule has 0 atom stereocenters. The van der Waals surface area contributed by atoms with E-state index in [4.69, 9.17) is 4.42 Å². The molecular weight excluding hydrogens is 358 g/mol. The van der Waals surface area contributed by atoms with Crippen molar-refractivity contribution in [2.45, 2.75) is 32.5 Å². The van der Waals surface area contributed by atoms with Gasteiger partial charge in [0.15, 0.2) is 0 Å². The fourth-order valence-corrected chi connectivity index (χ4v) is 3.49. The fourth-order valence-electron chi connectivity index (χ4n) is 2.79. The molecule has 1 aromatic heterocycles. The van der Waals surface area contributed by atoms with E-state index in [1.807, 2.05) is 38.2 Å². The third-order valence-corrected chi connectivity index (χ3v) is 5.24.